The van der Waals surface area contributed by atoms with E-state index in [-0.39, 0.29) is 0 Å². The molecule has 3 nitrogen and oxygen atoms in total. The third-order valence-electron chi connectivity index (χ3n) is 5.62. The Labute approximate surface area is 190 Å². The van der Waals surface area contributed by atoms with E-state index in [0.29, 0.717) is 19.1 Å². The summed E-state index contributed by atoms with van der Waals surface area (Å²) in [5.74, 6) is 0.500. The Bertz CT molecular complexity index is 336. The van der Waals surface area contributed by atoms with Crippen molar-refractivity contribution < 1.29 is 14.3 Å². The van der Waals surface area contributed by atoms with Crippen molar-refractivity contribution >= 4 is 22.1 Å². The van der Waals surface area contributed by atoms with Crippen molar-refractivity contribution in [3.8, 4) is 0 Å². The van der Waals surface area contributed by atoms with Crippen LogP contribution in [-0.4, -0.2) is 24.7 Å². The van der Waals surface area contributed by atoms with E-state index in [1.807, 2.05) is 0 Å². The van der Waals surface area contributed by atoms with Crippen LogP contribution in [0.5, 0.6) is 0 Å². The molecule has 0 heterocycles. The molecule has 0 rings (SSSR count). The molecule has 29 heavy (non-hydrogen) atoms. The Morgan fingerprint density at radius 3 is 1.72 bits per heavy atom. The van der Waals surface area contributed by atoms with Gasteiger partial charge < -0.3 is 9.47 Å². The maximum absolute atomic E-state index is 11.9. The number of hydrogen-bond acceptors (Lipinski definition) is 3. The molecule has 0 bridgehead atoms. The summed E-state index contributed by atoms with van der Waals surface area (Å²) in [6.45, 7) is 5.54. The zero-order valence-electron chi connectivity index (χ0n) is 19.5. The van der Waals surface area contributed by atoms with Crippen LogP contribution in [0.3, 0.4) is 0 Å². The van der Waals surface area contributed by atoms with Crippen LogP contribution < -0.4 is 0 Å². The van der Waals surface area contributed by atoms with Crippen LogP contribution in [-0.2, 0) is 9.47 Å². The van der Waals surface area contributed by atoms with Gasteiger partial charge in [-0.25, -0.2) is 4.79 Å². The maximum Gasteiger partial charge on any atom is 0.508 e. The fourth-order valence-corrected chi connectivity index (χ4v) is 4.07. The van der Waals surface area contributed by atoms with Gasteiger partial charge in [-0.3, -0.25) is 0 Å². The first-order chi connectivity index (χ1) is 14.2. The van der Waals surface area contributed by atoms with Crippen molar-refractivity contribution in [1.82, 2.24) is 0 Å². The van der Waals surface area contributed by atoms with Crippen molar-refractivity contribution in [2.24, 2.45) is 5.92 Å². The number of ether oxygens (including phenoxy) is 2. The fraction of sp³-hybridized carbons (Fsp3) is 0.960. The standard InChI is InChI=1S/C25H49BrO3/c1-3-5-7-9-12-16-20-24(19-15-8-6-4-2)23-29-25(27)28-22-18-14-11-10-13-17-21-26/h24H,3-23H2,1-2H3. The van der Waals surface area contributed by atoms with Crippen molar-refractivity contribution in [3.63, 3.8) is 0 Å². The minimum absolute atomic E-state index is 0.467. The van der Waals surface area contributed by atoms with Crippen molar-refractivity contribution in [2.75, 3.05) is 18.5 Å². The van der Waals surface area contributed by atoms with Crippen molar-refractivity contribution in [2.45, 2.75) is 129 Å². The van der Waals surface area contributed by atoms with E-state index in [9.17, 15) is 4.79 Å². The minimum Gasteiger partial charge on any atom is -0.434 e. The summed E-state index contributed by atoms with van der Waals surface area (Å²) in [5, 5.41) is 1.10. The van der Waals surface area contributed by atoms with Gasteiger partial charge in [-0.05, 0) is 31.6 Å². The van der Waals surface area contributed by atoms with Gasteiger partial charge in [0.1, 0.15) is 0 Å². The second-order valence-electron chi connectivity index (χ2n) is 8.49. The summed E-state index contributed by atoms with van der Waals surface area (Å²) in [4.78, 5) is 11.9. The van der Waals surface area contributed by atoms with Crippen LogP contribution in [0.1, 0.15) is 129 Å². The van der Waals surface area contributed by atoms with Crippen molar-refractivity contribution in [1.29, 1.82) is 0 Å². The number of rotatable bonds is 22. The Kier molecular flexibility index (Phi) is 23.8. The monoisotopic (exact) mass is 476 g/mol. The lowest BCUT2D eigenvalue weighted by Crippen LogP contribution is -2.16. The Morgan fingerprint density at radius 1 is 0.655 bits per heavy atom. The number of unbranched alkanes of at least 4 members (excludes halogenated alkanes) is 13. The van der Waals surface area contributed by atoms with Crippen LogP contribution in [0.2, 0.25) is 0 Å². The Balaban J connectivity index is 3.85. The predicted octanol–water partition coefficient (Wildman–Crippen LogP) is 9.21. The molecule has 0 aromatic rings. The zero-order chi connectivity index (χ0) is 21.4. The molecule has 0 saturated heterocycles. The molecule has 174 valence electrons. The SMILES string of the molecule is CCCCCCCCC(CCCCCC)COC(=O)OCCCCCCCCBr. The van der Waals surface area contributed by atoms with E-state index in [4.69, 9.17) is 9.47 Å². The largest absolute Gasteiger partial charge is 0.508 e. The number of hydrogen-bond donors (Lipinski definition) is 0. The molecular weight excluding hydrogens is 428 g/mol. The quantitative estimate of drug-likeness (QED) is 0.0885. The summed E-state index contributed by atoms with van der Waals surface area (Å²) in [6, 6.07) is 0. The molecule has 4 heteroatoms. The van der Waals surface area contributed by atoms with Crippen LogP contribution in [0.25, 0.3) is 0 Å². The molecule has 1 atom stereocenters. The third-order valence-corrected chi connectivity index (χ3v) is 6.18. The van der Waals surface area contributed by atoms with Crippen LogP contribution in [0.15, 0.2) is 0 Å². The topological polar surface area (TPSA) is 35.5 Å². The molecule has 1 unspecified atom stereocenters. The first-order valence-electron chi connectivity index (χ1n) is 12.6. The highest BCUT2D eigenvalue weighted by atomic mass is 79.9. The number of alkyl halides is 1. The van der Waals surface area contributed by atoms with Gasteiger partial charge >= 0.3 is 6.16 Å². The lowest BCUT2D eigenvalue weighted by atomic mass is 9.95. The van der Waals surface area contributed by atoms with Crippen LogP contribution >= 0.6 is 15.9 Å². The Hall–Kier alpha value is -0.250. The highest BCUT2D eigenvalue weighted by Gasteiger charge is 2.13. The molecule has 0 saturated carbocycles. The second-order valence-corrected chi connectivity index (χ2v) is 9.28. The lowest BCUT2D eigenvalue weighted by molar-refractivity contribution is 0.0406. The second kappa shape index (κ2) is 24.0. The first kappa shape index (κ1) is 28.8. The van der Waals surface area contributed by atoms with E-state index in [1.165, 1.54) is 103 Å². The lowest BCUT2D eigenvalue weighted by Gasteiger charge is -2.17. The zero-order valence-corrected chi connectivity index (χ0v) is 21.1. The molecule has 0 aromatic carbocycles. The Morgan fingerprint density at radius 2 is 1.14 bits per heavy atom. The summed E-state index contributed by atoms with van der Waals surface area (Å²) in [5.41, 5.74) is 0. The van der Waals surface area contributed by atoms with E-state index in [0.717, 1.165) is 18.2 Å². The summed E-state index contributed by atoms with van der Waals surface area (Å²) >= 11 is 3.46. The molecular formula is C25H49BrO3. The number of halogens is 1. The summed E-state index contributed by atoms with van der Waals surface area (Å²) in [7, 11) is 0. The normalized spacial score (nSPS) is 12.1. The molecule has 0 aliphatic heterocycles. The van der Waals surface area contributed by atoms with Gasteiger partial charge in [0.2, 0.25) is 0 Å². The highest BCUT2D eigenvalue weighted by molar-refractivity contribution is 9.09. The van der Waals surface area contributed by atoms with Gasteiger partial charge in [-0.2, -0.15) is 0 Å². The molecule has 0 aliphatic carbocycles. The van der Waals surface area contributed by atoms with Gasteiger partial charge in [0, 0.05) is 5.33 Å². The van der Waals surface area contributed by atoms with E-state index < -0.39 is 6.16 Å². The van der Waals surface area contributed by atoms with Gasteiger partial charge in [0.05, 0.1) is 13.2 Å². The van der Waals surface area contributed by atoms with Gasteiger partial charge in [0.25, 0.3) is 0 Å². The third kappa shape index (κ3) is 22.3. The van der Waals surface area contributed by atoms with Gasteiger partial charge in [0.15, 0.2) is 0 Å². The smallest absolute Gasteiger partial charge is 0.434 e. The maximum atomic E-state index is 11.9. The predicted molar refractivity (Wildman–Crippen MR) is 129 cm³/mol. The molecule has 0 aromatic heterocycles. The fourth-order valence-electron chi connectivity index (χ4n) is 3.67. The van der Waals surface area contributed by atoms with Crippen molar-refractivity contribution in [3.05, 3.63) is 0 Å². The van der Waals surface area contributed by atoms with Gasteiger partial charge in [-0.15, -0.1) is 0 Å². The first-order valence-corrected chi connectivity index (χ1v) is 13.7. The van der Waals surface area contributed by atoms with Crippen LogP contribution in [0.4, 0.5) is 4.79 Å². The molecule has 0 N–H and O–H groups in total. The highest BCUT2D eigenvalue weighted by Crippen LogP contribution is 2.19. The number of carbonyl (C=O) groups excluding carboxylic acids is 1. The molecule has 0 aliphatic rings. The molecule has 0 spiro atoms. The van der Waals surface area contributed by atoms with E-state index in [1.54, 1.807) is 0 Å². The summed E-state index contributed by atoms with van der Waals surface area (Å²) < 4.78 is 10.7. The van der Waals surface area contributed by atoms with E-state index in [2.05, 4.69) is 29.8 Å². The van der Waals surface area contributed by atoms with Crippen LogP contribution in [0, 0.1) is 5.92 Å². The summed E-state index contributed by atoms with van der Waals surface area (Å²) in [6.07, 6.45) is 22.0. The average molecular weight is 478 g/mol. The minimum atomic E-state index is -0.467. The molecule has 0 fully saturated rings. The average Bonchev–Trinajstić information content (AvgIpc) is 2.73. The van der Waals surface area contributed by atoms with E-state index >= 15 is 0 Å². The molecule has 0 radical (unpaired) electrons. The number of carbonyl (C=O) groups is 1. The molecule has 0 amide bonds. The van der Waals surface area contributed by atoms with Gasteiger partial charge in [-0.1, -0.05) is 120 Å².